The van der Waals surface area contributed by atoms with Gasteiger partial charge >= 0.3 is 0 Å². The molecule has 1 heterocycles. The first-order valence-corrected chi connectivity index (χ1v) is 11.3. The number of amides is 1. The molecule has 7 nitrogen and oxygen atoms in total. The van der Waals surface area contributed by atoms with Crippen LogP contribution in [0, 0.1) is 12.3 Å². The van der Waals surface area contributed by atoms with Gasteiger partial charge in [0.1, 0.15) is 5.75 Å². The number of anilines is 2. The molecule has 3 rings (SSSR count). The van der Waals surface area contributed by atoms with Gasteiger partial charge in [-0.3, -0.25) is 14.4 Å². The average molecular weight is 448 g/mol. The number of aromatic hydroxyl groups is 1. The van der Waals surface area contributed by atoms with Crippen molar-refractivity contribution in [2.24, 2.45) is 0 Å². The van der Waals surface area contributed by atoms with Crippen LogP contribution in [0.4, 0.5) is 11.4 Å². The van der Waals surface area contributed by atoms with Crippen LogP contribution in [-0.2, 0) is 14.8 Å². The Bertz CT molecular complexity index is 1080. The normalized spacial score (nSPS) is 17.1. The molecule has 1 atom stereocenters. The van der Waals surface area contributed by atoms with Gasteiger partial charge in [0.05, 0.1) is 28.9 Å². The highest BCUT2D eigenvalue weighted by Crippen LogP contribution is 2.29. The molecule has 0 radical (unpaired) electrons. The molecule has 9 heteroatoms. The smallest absolute Gasteiger partial charge is 0.261 e. The standard InChI is InChI=1S/C21H22ClN3O4S/c1-2-11-25-12-4-3-8-19(25)21(27)23-18-14-17(9-10-20(18)26)30(28,29)24-16-7-5-6-15(22)13-16/h1,5-7,9-10,13-14,19,24,26H,3-4,8,11-12H2,(H,23,27). The number of phenols is 1. The van der Waals surface area contributed by atoms with E-state index in [9.17, 15) is 18.3 Å². The molecule has 2 aromatic carbocycles. The van der Waals surface area contributed by atoms with E-state index in [4.69, 9.17) is 18.0 Å². The number of sulfonamides is 1. The summed E-state index contributed by atoms with van der Waals surface area (Å²) in [5.74, 6) is 1.99. The van der Waals surface area contributed by atoms with Gasteiger partial charge in [-0.1, -0.05) is 30.0 Å². The Morgan fingerprint density at radius 3 is 2.80 bits per heavy atom. The maximum atomic E-state index is 12.8. The largest absolute Gasteiger partial charge is 0.506 e. The Kier molecular flexibility index (Phi) is 6.87. The third kappa shape index (κ3) is 5.25. The number of nitrogens with one attached hydrogen (secondary N) is 2. The number of hydrogen-bond acceptors (Lipinski definition) is 5. The second-order valence-electron chi connectivity index (χ2n) is 6.97. The molecular formula is C21H22ClN3O4S. The van der Waals surface area contributed by atoms with Gasteiger partial charge in [-0.15, -0.1) is 6.42 Å². The van der Waals surface area contributed by atoms with Crippen molar-refractivity contribution in [2.75, 3.05) is 23.1 Å². The Hall–Kier alpha value is -2.73. The van der Waals surface area contributed by atoms with Crippen LogP contribution in [0.1, 0.15) is 19.3 Å². The number of phenolic OH excluding ortho intramolecular Hbond substituents is 1. The number of likely N-dealkylation sites (tertiary alicyclic amines) is 1. The zero-order valence-electron chi connectivity index (χ0n) is 16.1. The van der Waals surface area contributed by atoms with Gasteiger partial charge in [-0.05, 0) is 55.8 Å². The Balaban J connectivity index is 1.81. The summed E-state index contributed by atoms with van der Waals surface area (Å²) in [5.41, 5.74) is 0.313. The minimum absolute atomic E-state index is 0.0141. The van der Waals surface area contributed by atoms with Gasteiger partial charge in [0.25, 0.3) is 10.0 Å². The first-order chi connectivity index (χ1) is 14.3. The molecule has 1 saturated heterocycles. The van der Waals surface area contributed by atoms with Crippen LogP contribution in [-0.4, -0.2) is 43.5 Å². The molecule has 1 unspecified atom stereocenters. The van der Waals surface area contributed by atoms with Gasteiger partial charge in [0.2, 0.25) is 5.91 Å². The Labute approximate surface area is 181 Å². The number of hydrogen-bond donors (Lipinski definition) is 3. The molecule has 2 aromatic rings. The fraction of sp³-hybridized carbons (Fsp3) is 0.286. The second kappa shape index (κ2) is 9.39. The van der Waals surface area contributed by atoms with Crippen LogP contribution in [0.5, 0.6) is 5.75 Å². The monoisotopic (exact) mass is 447 g/mol. The lowest BCUT2D eigenvalue weighted by Gasteiger charge is -2.33. The summed E-state index contributed by atoms with van der Waals surface area (Å²) >= 11 is 5.90. The lowest BCUT2D eigenvalue weighted by Crippen LogP contribution is -2.47. The summed E-state index contributed by atoms with van der Waals surface area (Å²) in [6.07, 6.45) is 7.88. The third-order valence-corrected chi connectivity index (χ3v) is 6.44. The Morgan fingerprint density at radius 1 is 1.27 bits per heavy atom. The summed E-state index contributed by atoms with van der Waals surface area (Å²) in [6, 6.07) is 9.55. The fourth-order valence-electron chi connectivity index (χ4n) is 3.36. The summed E-state index contributed by atoms with van der Waals surface area (Å²) in [6.45, 7) is 1.06. The van der Waals surface area contributed by atoms with Gasteiger partial charge in [-0.25, -0.2) is 8.42 Å². The van der Waals surface area contributed by atoms with Crippen molar-refractivity contribution in [2.45, 2.75) is 30.2 Å². The van der Waals surface area contributed by atoms with Crippen molar-refractivity contribution in [1.29, 1.82) is 0 Å². The van der Waals surface area contributed by atoms with Crippen molar-refractivity contribution < 1.29 is 18.3 Å². The summed E-state index contributed by atoms with van der Waals surface area (Å²) in [7, 11) is -3.96. The summed E-state index contributed by atoms with van der Waals surface area (Å²) < 4.78 is 27.9. The van der Waals surface area contributed by atoms with E-state index in [1.807, 2.05) is 4.90 Å². The van der Waals surface area contributed by atoms with Gasteiger partial charge in [0, 0.05) is 5.02 Å². The molecule has 0 aromatic heterocycles. The van der Waals surface area contributed by atoms with Crippen LogP contribution >= 0.6 is 11.6 Å². The van der Waals surface area contributed by atoms with E-state index < -0.39 is 16.1 Å². The molecule has 0 spiro atoms. The lowest BCUT2D eigenvalue weighted by molar-refractivity contribution is -0.122. The third-order valence-electron chi connectivity index (χ3n) is 4.82. The van der Waals surface area contributed by atoms with Gasteiger partial charge < -0.3 is 10.4 Å². The van der Waals surface area contributed by atoms with Crippen molar-refractivity contribution in [1.82, 2.24) is 4.90 Å². The van der Waals surface area contributed by atoms with Gasteiger partial charge in [0.15, 0.2) is 0 Å². The van der Waals surface area contributed by atoms with Crippen LogP contribution in [0.15, 0.2) is 47.4 Å². The Morgan fingerprint density at radius 2 is 2.07 bits per heavy atom. The molecule has 0 aliphatic carbocycles. The first kappa shape index (κ1) is 22.0. The minimum atomic E-state index is -3.96. The van der Waals surface area contributed by atoms with Crippen molar-refractivity contribution in [3.8, 4) is 18.1 Å². The molecule has 30 heavy (non-hydrogen) atoms. The summed E-state index contributed by atoms with van der Waals surface area (Å²) in [5, 5.41) is 13.2. The molecule has 3 N–H and O–H groups in total. The van der Waals surface area contributed by atoms with Crippen LogP contribution in [0.25, 0.3) is 0 Å². The van der Waals surface area contributed by atoms with Crippen LogP contribution < -0.4 is 10.0 Å². The van der Waals surface area contributed by atoms with Crippen LogP contribution in [0.3, 0.4) is 0 Å². The maximum Gasteiger partial charge on any atom is 0.261 e. The van der Waals surface area contributed by atoms with E-state index in [1.165, 1.54) is 24.3 Å². The number of terminal acetylenes is 1. The molecule has 158 valence electrons. The zero-order chi connectivity index (χ0) is 21.7. The summed E-state index contributed by atoms with van der Waals surface area (Å²) in [4.78, 5) is 14.6. The highest BCUT2D eigenvalue weighted by atomic mass is 35.5. The van der Waals surface area contributed by atoms with E-state index in [0.717, 1.165) is 12.8 Å². The SMILES string of the molecule is C#CCN1CCCCC1C(=O)Nc1cc(S(=O)(=O)Nc2cccc(Cl)c2)ccc1O. The van der Waals surface area contributed by atoms with E-state index in [2.05, 4.69) is 16.0 Å². The molecule has 0 bridgehead atoms. The predicted octanol–water partition coefficient (Wildman–Crippen LogP) is 3.27. The van der Waals surface area contributed by atoms with E-state index in [-0.39, 0.29) is 22.2 Å². The molecular weight excluding hydrogens is 426 g/mol. The zero-order valence-corrected chi connectivity index (χ0v) is 17.7. The first-order valence-electron chi connectivity index (χ1n) is 9.40. The molecule has 0 saturated carbocycles. The van der Waals surface area contributed by atoms with Crippen molar-refractivity contribution in [3.63, 3.8) is 0 Å². The van der Waals surface area contributed by atoms with Gasteiger partial charge in [-0.2, -0.15) is 0 Å². The number of halogens is 1. The van der Waals surface area contributed by atoms with E-state index in [1.54, 1.807) is 18.2 Å². The lowest BCUT2D eigenvalue weighted by atomic mass is 10.0. The quantitative estimate of drug-likeness (QED) is 0.466. The van der Waals surface area contributed by atoms with Crippen molar-refractivity contribution >= 4 is 38.9 Å². The minimum Gasteiger partial charge on any atom is -0.506 e. The van der Waals surface area contributed by atoms with E-state index in [0.29, 0.717) is 30.2 Å². The predicted molar refractivity (Wildman–Crippen MR) is 117 cm³/mol. The molecule has 1 aliphatic heterocycles. The highest BCUT2D eigenvalue weighted by molar-refractivity contribution is 7.92. The average Bonchev–Trinajstić information content (AvgIpc) is 2.70. The number of rotatable bonds is 6. The molecule has 1 amide bonds. The maximum absolute atomic E-state index is 12.8. The number of nitrogens with zero attached hydrogens (tertiary/aromatic N) is 1. The second-order valence-corrected chi connectivity index (χ2v) is 9.09. The number of carbonyl (C=O) groups is 1. The number of carbonyl (C=O) groups excluding carboxylic acids is 1. The molecule has 1 fully saturated rings. The number of piperidine rings is 1. The fourth-order valence-corrected chi connectivity index (χ4v) is 4.62. The van der Waals surface area contributed by atoms with Crippen LogP contribution in [0.2, 0.25) is 5.02 Å². The number of benzene rings is 2. The van der Waals surface area contributed by atoms with E-state index >= 15 is 0 Å². The highest BCUT2D eigenvalue weighted by Gasteiger charge is 2.29. The van der Waals surface area contributed by atoms with Crippen molar-refractivity contribution in [3.05, 3.63) is 47.5 Å². The molecule has 1 aliphatic rings. The topological polar surface area (TPSA) is 98.7 Å².